The number of rotatable bonds is 4. The first-order valence-corrected chi connectivity index (χ1v) is 8.09. The molecule has 1 aliphatic heterocycles. The van der Waals surface area contributed by atoms with E-state index in [9.17, 15) is 4.79 Å². The second-order valence-corrected chi connectivity index (χ2v) is 6.11. The second kappa shape index (κ2) is 6.60. The average Bonchev–Trinajstić information content (AvgIpc) is 2.93. The van der Waals surface area contributed by atoms with Gasteiger partial charge < -0.3 is 14.2 Å². The Bertz CT molecular complexity index is 579. The van der Waals surface area contributed by atoms with Crippen molar-refractivity contribution < 1.29 is 9.53 Å². The molecular formula is C16H24N4O2. The molecule has 120 valence electrons. The highest BCUT2D eigenvalue weighted by Crippen LogP contribution is 2.27. The van der Waals surface area contributed by atoms with Crippen molar-refractivity contribution in [3.05, 3.63) is 23.3 Å². The van der Waals surface area contributed by atoms with Gasteiger partial charge in [-0.05, 0) is 32.6 Å². The van der Waals surface area contributed by atoms with Gasteiger partial charge in [0.1, 0.15) is 6.61 Å². The quantitative estimate of drug-likeness (QED) is 0.800. The van der Waals surface area contributed by atoms with Crippen molar-refractivity contribution in [3.63, 3.8) is 0 Å². The van der Waals surface area contributed by atoms with Gasteiger partial charge in [-0.25, -0.2) is 0 Å². The van der Waals surface area contributed by atoms with Gasteiger partial charge in [-0.15, -0.1) is 10.2 Å². The fourth-order valence-corrected chi connectivity index (χ4v) is 3.38. The number of hydrogen-bond acceptors (Lipinski definition) is 4. The van der Waals surface area contributed by atoms with Crippen LogP contribution in [-0.4, -0.2) is 39.2 Å². The third-order valence-electron chi connectivity index (χ3n) is 4.62. The Hall–Kier alpha value is -1.69. The van der Waals surface area contributed by atoms with Gasteiger partial charge in [0.2, 0.25) is 5.91 Å². The molecule has 0 aromatic carbocycles. The van der Waals surface area contributed by atoms with Gasteiger partial charge in [0.05, 0.1) is 6.04 Å². The topological polar surface area (TPSA) is 60.3 Å². The molecule has 0 spiro atoms. The molecule has 2 aliphatic rings. The lowest BCUT2D eigenvalue weighted by Crippen LogP contribution is -2.41. The third-order valence-corrected chi connectivity index (χ3v) is 4.62. The summed E-state index contributed by atoms with van der Waals surface area (Å²) < 4.78 is 7.23. The van der Waals surface area contributed by atoms with E-state index in [1.165, 1.54) is 18.4 Å². The SMILES string of the molecule is COCc1nnc2n1CCN(C(=O)CC1=CCCCC1)[C@H]2C. The molecule has 0 unspecified atom stereocenters. The minimum atomic E-state index is -0.0245. The molecule has 1 aromatic rings. The summed E-state index contributed by atoms with van der Waals surface area (Å²) in [6.45, 7) is 3.95. The summed E-state index contributed by atoms with van der Waals surface area (Å²) in [7, 11) is 1.65. The van der Waals surface area contributed by atoms with Crippen LogP contribution < -0.4 is 0 Å². The Morgan fingerprint density at radius 3 is 2.95 bits per heavy atom. The number of aromatic nitrogens is 3. The molecule has 3 rings (SSSR count). The lowest BCUT2D eigenvalue weighted by atomic mass is 9.96. The smallest absolute Gasteiger partial charge is 0.227 e. The minimum absolute atomic E-state index is 0.0245. The maximum atomic E-state index is 12.6. The van der Waals surface area contributed by atoms with Crippen LogP contribution in [0.25, 0.3) is 0 Å². The predicted molar refractivity (Wildman–Crippen MR) is 82.0 cm³/mol. The normalized spacial score (nSPS) is 21.5. The monoisotopic (exact) mass is 304 g/mol. The molecule has 0 fully saturated rings. The number of amides is 1. The van der Waals surface area contributed by atoms with E-state index >= 15 is 0 Å². The third kappa shape index (κ3) is 2.92. The molecule has 1 amide bonds. The van der Waals surface area contributed by atoms with Crippen LogP contribution in [-0.2, 0) is 22.7 Å². The zero-order valence-corrected chi connectivity index (χ0v) is 13.4. The largest absolute Gasteiger partial charge is 0.377 e. The molecule has 1 aromatic heterocycles. The maximum absolute atomic E-state index is 12.6. The summed E-state index contributed by atoms with van der Waals surface area (Å²) in [5, 5.41) is 8.45. The average molecular weight is 304 g/mol. The van der Waals surface area contributed by atoms with Gasteiger partial charge >= 0.3 is 0 Å². The summed E-state index contributed by atoms with van der Waals surface area (Å²) in [5.41, 5.74) is 1.30. The Morgan fingerprint density at radius 2 is 2.23 bits per heavy atom. The van der Waals surface area contributed by atoms with Crippen molar-refractivity contribution in [1.29, 1.82) is 0 Å². The highest BCUT2D eigenvalue weighted by atomic mass is 16.5. The molecule has 6 heteroatoms. The van der Waals surface area contributed by atoms with Crippen molar-refractivity contribution in [2.24, 2.45) is 0 Å². The highest BCUT2D eigenvalue weighted by molar-refractivity contribution is 5.79. The first kappa shape index (κ1) is 15.2. The lowest BCUT2D eigenvalue weighted by molar-refractivity contribution is -0.133. The van der Waals surface area contributed by atoms with Crippen LogP contribution in [0.1, 0.15) is 56.7 Å². The van der Waals surface area contributed by atoms with E-state index in [0.29, 0.717) is 13.0 Å². The van der Waals surface area contributed by atoms with Crippen LogP contribution in [0, 0.1) is 0 Å². The second-order valence-electron chi connectivity index (χ2n) is 6.11. The van der Waals surface area contributed by atoms with Gasteiger partial charge in [-0.2, -0.15) is 0 Å². The number of fused-ring (bicyclic) bond motifs is 1. The zero-order chi connectivity index (χ0) is 15.5. The van der Waals surface area contributed by atoms with Gasteiger partial charge in [0, 0.05) is 26.6 Å². The predicted octanol–water partition coefficient (Wildman–Crippen LogP) is 2.22. The number of allylic oxidation sites excluding steroid dienone is 1. The highest BCUT2D eigenvalue weighted by Gasteiger charge is 2.31. The molecule has 0 saturated carbocycles. The zero-order valence-electron chi connectivity index (χ0n) is 13.4. The number of carbonyl (C=O) groups excluding carboxylic acids is 1. The van der Waals surface area contributed by atoms with Crippen LogP contribution in [0.5, 0.6) is 0 Å². The molecule has 6 nitrogen and oxygen atoms in total. The van der Waals surface area contributed by atoms with Crippen LogP contribution in [0.2, 0.25) is 0 Å². The van der Waals surface area contributed by atoms with E-state index < -0.39 is 0 Å². The molecule has 0 bridgehead atoms. The molecular weight excluding hydrogens is 280 g/mol. The van der Waals surface area contributed by atoms with Crippen LogP contribution in [0.3, 0.4) is 0 Å². The van der Waals surface area contributed by atoms with E-state index in [4.69, 9.17) is 4.74 Å². The summed E-state index contributed by atoms with van der Waals surface area (Å²) in [6, 6.07) is -0.0245. The first-order chi connectivity index (χ1) is 10.7. The molecule has 0 N–H and O–H groups in total. The maximum Gasteiger partial charge on any atom is 0.227 e. The van der Waals surface area contributed by atoms with Crippen LogP contribution in [0.15, 0.2) is 11.6 Å². The molecule has 1 atom stereocenters. The minimum Gasteiger partial charge on any atom is -0.377 e. The van der Waals surface area contributed by atoms with E-state index in [1.807, 2.05) is 11.8 Å². The number of hydrogen-bond donors (Lipinski definition) is 0. The van der Waals surface area contributed by atoms with Crippen molar-refractivity contribution >= 4 is 5.91 Å². The van der Waals surface area contributed by atoms with Gasteiger partial charge in [0.25, 0.3) is 0 Å². The summed E-state index contributed by atoms with van der Waals surface area (Å²) >= 11 is 0. The Morgan fingerprint density at radius 1 is 1.36 bits per heavy atom. The number of methoxy groups -OCH3 is 1. The van der Waals surface area contributed by atoms with E-state index in [2.05, 4.69) is 20.8 Å². The summed E-state index contributed by atoms with van der Waals surface area (Å²) in [5.74, 6) is 1.92. The Kier molecular flexibility index (Phi) is 4.57. The van der Waals surface area contributed by atoms with Crippen molar-refractivity contribution in [3.8, 4) is 0 Å². The fraction of sp³-hybridized carbons (Fsp3) is 0.688. The van der Waals surface area contributed by atoms with Gasteiger partial charge in [-0.3, -0.25) is 4.79 Å². The number of ether oxygens (including phenoxy) is 1. The molecule has 0 radical (unpaired) electrons. The van der Waals surface area contributed by atoms with Crippen molar-refractivity contribution in [2.75, 3.05) is 13.7 Å². The van der Waals surface area contributed by atoms with E-state index in [0.717, 1.165) is 37.6 Å². The summed E-state index contributed by atoms with van der Waals surface area (Å²) in [6.07, 6.45) is 7.46. The molecule has 22 heavy (non-hydrogen) atoms. The molecule has 0 saturated heterocycles. The van der Waals surface area contributed by atoms with E-state index in [1.54, 1.807) is 7.11 Å². The Labute approximate surface area is 131 Å². The lowest BCUT2D eigenvalue weighted by Gasteiger charge is -2.34. The molecule has 2 heterocycles. The Balaban J connectivity index is 1.70. The van der Waals surface area contributed by atoms with Gasteiger partial charge in [-0.1, -0.05) is 11.6 Å². The van der Waals surface area contributed by atoms with Crippen molar-refractivity contribution in [2.45, 2.75) is 58.2 Å². The molecule has 1 aliphatic carbocycles. The summed E-state index contributed by atoms with van der Waals surface area (Å²) in [4.78, 5) is 14.6. The van der Waals surface area contributed by atoms with E-state index in [-0.39, 0.29) is 11.9 Å². The fourth-order valence-electron chi connectivity index (χ4n) is 3.38. The van der Waals surface area contributed by atoms with Crippen LogP contribution >= 0.6 is 0 Å². The van der Waals surface area contributed by atoms with Crippen LogP contribution in [0.4, 0.5) is 0 Å². The number of carbonyl (C=O) groups is 1. The first-order valence-electron chi connectivity index (χ1n) is 8.09. The van der Waals surface area contributed by atoms with Gasteiger partial charge in [0.15, 0.2) is 11.6 Å². The van der Waals surface area contributed by atoms with Crippen molar-refractivity contribution in [1.82, 2.24) is 19.7 Å². The number of nitrogens with zero attached hydrogens (tertiary/aromatic N) is 4. The standard InChI is InChI=1S/C16H24N4O2/c1-12-16-18-17-14(11-22-2)20(16)9-8-19(12)15(21)10-13-6-4-3-5-7-13/h6,12H,3-5,7-11H2,1-2H3/t12-/m0/s1.